The van der Waals surface area contributed by atoms with Crippen LogP contribution in [0.3, 0.4) is 0 Å². The second-order valence-electron chi connectivity index (χ2n) is 4.48. The number of rotatable bonds is 4. The minimum absolute atomic E-state index is 0.356. The quantitative estimate of drug-likeness (QED) is 0.789. The van der Waals surface area contributed by atoms with Crippen LogP contribution in [0, 0.1) is 5.92 Å². The van der Waals surface area contributed by atoms with Crippen molar-refractivity contribution < 1.29 is 0 Å². The first-order valence-electron chi connectivity index (χ1n) is 5.59. The van der Waals surface area contributed by atoms with Crippen molar-refractivity contribution in [2.75, 3.05) is 0 Å². The summed E-state index contributed by atoms with van der Waals surface area (Å²) in [5.41, 5.74) is 0. The number of hydrogen-bond acceptors (Lipinski definition) is 2. The molecule has 4 heteroatoms. The molecule has 0 amide bonds. The molecule has 0 aliphatic carbocycles. The standard InChI is InChI=1S/C11H20ClN3/c1-6-8(4)9(5)15-10(7(2)3)13-14-11(15)12/h7-9H,6H2,1-5H3. The molecule has 0 aliphatic rings. The Morgan fingerprint density at radius 1 is 1.20 bits per heavy atom. The predicted molar refractivity (Wildman–Crippen MR) is 63.3 cm³/mol. The zero-order valence-electron chi connectivity index (χ0n) is 10.2. The van der Waals surface area contributed by atoms with Crippen LogP contribution in [0.5, 0.6) is 0 Å². The normalized spacial score (nSPS) is 15.7. The molecule has 0 aromatic carbocycles. The van der Waals surface area contributed by atoms with Gasteiger partial charge in [-0.25, -0.2) is 0 Å². The molecule has 0 spiro atoms. The van der Waals surface area contributed by atoms with Crippen LogP contribution < -0.4 is 0 Å². The first-order chi connectivity index (χ1) is 6.99. The molecule has 0 radical (unpaired) electrons. The van der Waals surface area contributed by atoms with E-state index >= 15 is 0 Å². The third-order valence-electron chi connectivity index (χ3n) is 3.07. The van der Waals surface area contributed by atoms with Gasteiger partial charge in [0.2, 0.25) is 5.28 Å². The van der Waals surface area contributed by atoms with E-state index in [9.17, 15) is 0 Å². The van der Waals surface area contributed by atoms with E-state index in [1.165, 1.54) is 0 Å². The fourth-order valence-corrected chi connectivity index (χ4v) is 1.93. The Morgan fingerprint density at radius 2 is 1.80 bits per heavy atom. The Kier molecular flexibility index (Phi) is 4.14. The summed E-state index contributed by atoms with van der Waals surface area (Å²) in [6.07, 6.45) is 1.13. The topological polar surface area (TPSA) is 30.7 Å². The zero-order valence-corrected chi connectivity index (χ0v) is 10.9. The maximum absolute atomic E-state index is 6.07. The summed E-state index contributed by atoms with van der Waals surface area (Å²) in [6.45, 7) is 10.8. The molecule has 0 aliphatic heterocycles. The molecule has 3 nitrogen and oxygen atoms in total. The van der Waals surface area contributed by atoms with E-state index < -0.39 is 0 Å². The Bertz CT molecular complexity index is 320. The molecule has 1 heterocycles. The molecule has 2 unspecified atom stereocenters. The smallest absolute Gasteiger partial charge is 0.225 e. The second-order valence-corrected chi connectivity index (χ2v) is 4.82. The summed E-state index contributed by atoms with van der Waals surface area (Å²) >= 11 is 6.07. The van der Waals surface area contributed by atoms with Crippen LogP contribution in [0.25, 0.3) is 0 Å². The van der Waals surface area contributed by atoms with Gasteiger partial charge in [0.1, 0.15) is 5.82 Å². The van der Waals surface area contributed by atoms with Gasteiger partial charge in [-0.2, -0.15) is 0 Å². The molecular weight excluding hydrogens is 210 g/mol. The van der Waals surface area contributed by atoms with Gasteiger partial charge >= 0.3 is 0 Å². The summed E-state index contributed by atoms with van der Waals surface area (Å²) in [5.74, 6) is 1.92. The molecular formula is C11H20ClN3. The molecule has 86 valence electrons. The van der Waals surface area contributed by atoms with Gasteiger partial charge in [-0.1, -0.05) is 34.1 Å². The van der Waals surface area contributed by atoms with Gasteiger partial charge in [0.25, 0.3) is 0 Å². The minimum Gasteiger partial charge on any atom is -0.298 e. The minimum atomic E-state index is 0.356. The lowest BCUT2D eigenvalue weighted by Crippen LogP contribution is -2.17. The van der Waals surface area contributed by atoms with Crippen molar-refractivity contribution in [1.82, 2.24) is 14.8 Å². The van der Waals surface area contributed by atoms with Gasteiger partial charge in [0.15, 0.2) is 0 Å². The lowest BCUT2D eigenvalue weighted by molar-refractivity contribution is 0.358. The van der Waals surface area contributed by atoms with Gasteiger partial charge in [-0.15, -0.1) is 10.2 Å². The van der Waals surface area contributed by atoms with Crippen molar-refractivity contribution in [2.24, 2.45) is 5.92 Å². The van der Waals surface area contributed by atoms with Crippen LogP contribution in [0.15, 0.2) is 0 Å². The van der Waals surface area contributed by atoms with Crippen LogP contribution in [0.1, 0.15) is 58.8 Å². The zero-order chi connectivity index (χ0) is 11.6. The highest BCUT2D eigenvalue weighted by Crippen LogP contribution is 2.27. The van der Waals surface area contributed by atoms with Crippen molar-refractivity contribution in [1.29, 1.82) is 0 Å². The number of halogens is 1. The molecule has 0 bridgehead atoms. The molecule has 0 saturated carbocycles. The van der Waals surface area contributed by atoms with Crippen LogP contribution in [0.2, 0.25) is 5.28 Å². The fraction of sp³-hybridized carbons (Fsp3) is 0.818. The molecule has 2 atom stereocenters. The van der Waals surface area contributed by atoms with Crippen molar-refractivity contribution in [3.8, 4) is 0 Å². The summed E-state index contributed by atoms with van der Waals surface area (Å²) < 4.78 is 2.06. The van der Waals surface area contributed by atoms with E-state index in [-0.39, 0.29) is 0 Å². The summed E-state index contributed by atoms with van der Waals surface area (Å²) in [7, 11) is 0. The summed E-state index contributed by atoms with van der Waals surface area (Å²) in [5, 5.41) is 8.59. The average molecular weight is 230 g/mol. The third-order valence-corrected chi connectivity index (χ3v) is 3.33. The van der Waals surface area contributed by atoms with Crippen molar-refractivity contribution in [3.63, 3.8) is 0 Å². The lowest BCUT2D eigenvalue weighted by Gasteiger charge is -2.23. The van der Waals surface area contributed by atoms with Gasteiger partial charge in [-0.05, 0) is 24.4 Å². The second kappa shape index (κ2) is 4.97. The van der Waals surface area contributed by atoms with E-state index in [4.69, 9.17) is 11.6 Å². The molecule has 0 N–H and O–H groups in total. The Morgan fingerprint density at radius 3 is 2.27 bits per heavy atom. The molecule has 1 aromatic heterocycles. The number of aromatic nitrogens is 3. The van der Waals surface area contributed by atoms with E-state index in [1.807, 2.05) is 0 Å². The fourth-order valence-electron chi connectivity index (χ4n) is 1.65. The number of hydrogen-bond donors (Lipinski definition) is 0. The molecule has 0 fully saturated rings. The monoisotopic (exact) mass is 229 g/mol. The maximum atomic E-state index is 6.07. The first-order valence-corrected chi connectivity index (χ1v) is 5.97. The third kappa shape index (κ3) is 2.51. The number of nitrogens with zero attached hydrogens (tertiary/aromatic N) is 3. The van der Waals surface area contributed by atoms with Crippen molar-refractivity contribution in [2.45, 2.75) is 53.0 Å². The summed E-state index contributed by atoms with van der Waals surface area (Å²) in [6, 6.07) is 0.356. The SMILES string of the molecule is CCC(C)C(C)n1c(Cl)nnc1C(C)C. The highest BCUT2D eigenvalue weighted by molar-refractivity contribution is 6.28. The predicted octanol–water partition coefficient (Wildman–Crippen LogP) is 3.66. The maximum Gasteiger partial charge on any atom is 0.225 e. The van der Waals surface area contributed by atoms with Crippen LogP contribution in [0.4, 0.5) is 0 Å². The largest absolute Gasteiger partial charge is 0.298 e. The molecule has 1 aromatic rings. The lowest BCUT2D eigenvalue weighted by atomic mass is 10.00. The molecule has 1 rings (SSSR count). The summed E-state index contributed by atoms with van der Waals surface area (Å²) in [4.78, 5) is 0. The van der Waals surface area contributed by atoms with Gasteiger partial charge < -0.3 is 0 Å². The Balaban J connectivity index is 3.06. The Labute approximate surface area is 96.8 Å². The van der Waals surface area contributed by atoms with E-state index in [0.717, 1.165) is 12.2 Å². The highest BCUT2D eigenvalue weighted by Gasteiger charge is 2.21. The van der Waals surface area contributed by atoms with Crippen LogP contribution in [-0.4, -0.2) is 14.8 Å². The van der Waals surface area contributed by atoms with Crippen LogP contribution in [-0.2, 0) is 0 Å². The van der Waals surface area contributed by atoms with Crippen molar-refractivity contribution in [3.05, 3.63) is 11.1 Å². The van der Waals surface area contributed by atoms with Gasteiger partial charge in [0.05, 0.1) is 0 Å². The highest BCUT2D eigenvalue weighted by atomic mass is 35.5. The molecule has 15 heavy (non-hydrogen) atoms. The van der Waals surface area contributed by atoms with Crippen LogP contribution >= 0.6 is 11.6 Å². The Hall–Kier alpha value is -0.570. The first kappa shape index (κ1) is 12.5. The van der Waals surface area contributed by atoms with Crippen molar-refractivity contribution >= 4 is 11.6 Å². The van der Waals surface area contributed by atoms with E-state index in [1.54, 1.807) is 0 Å². The van der Waals surface area contributed by atoms with E-state index in [2.05, 4.69) is 49.4 Å². The van der Waals surface area contributed by atoms with Gasteiger partial charge in [0, 0.05) is 12.0 Å². The average Bonchev–Trinajstić information content (AvgIpc) is 2.58. The molecule has 0 saturated heterocycles. The van der Waals surface area contributed by atoms with E-state index in [0.29, 0.717) is 23.2 Å². The van der Waals surface area contributed by atoms with Gasteiger partial charge in [-0.3, -0.25) is 4.57 Å².